The van der Waals surface area contributed by atoms with E-state index in [9.17, 15) is 19.7 Å². The topological polar surface area (TPSA) is 107 Å². The third kappa shape index (κ3) is 3.92. The number of carbonyl (C=O) groups is 1. The smallest absolute Gasteiger partial charge is 0.270 e. The minimum absolute atomic E-state index is 0.0754. The van der Waals surface area contributed by atoms with Crippen LogP contribution in [0.25, 0.3) is 21.3 Å². The maximum absolute atomic E-state index is 13.3. The average Bonchev–Trinajstić information content (AvgIpc) is 3.20. The zero-order valence-corrected chi connectivity index (χ0v) is 17.7. The van der Waals surface area contributed by atoms with Gasteiger partial charge in [-0.2, -0.15) is 0 Å². The van der Waals surface area contributed by atoms with Gasteiger partial charge in [0.05, 0.1) is 27.3 Å². The van der Waals surface area contributed by atoms with E-state index >= 15 is 0 Å². The molecular formula is C21H15ClN4O4S. The minimum Gasteiger partial charge on any atom is -0.323 e. The van der Waals surface area contributed by atoms with Crippen molar-refractivity contribution in [1.82, 2.24) is 9.55 Å². The summed E-state index contributed by atoms with van der Waals surface area (Å²) in [7, 11) is 0. The number of anilines is 1. The fraction of sp³-hybridized carbons (Fsp3) is 0.0952. The maximum atomic E-state index is 13.3. The summed E-state index contributed by atoms with van der Waals surface area (Å²) < 4.78 is 1.24. The lowest BCUT2D eigenvalue weighted by molar-refractivity contribution is -0.384. The summed E-state index contributed by atoms with van der Waals surface area (Å²) in [6.45, 7) is 1.58. The Hall–Kier alpha value is -3.56. The Morgan fingerprint density at radius 1 is 1.26 bits per heavy atom. The van der Waals surface area contributed by atoms with Crippen LogP contribution in [-0.2, 0) is 4.79 Å². The van der Waals surface area contributed by atoms with Gasteiger partial charge in [-0.1, -0.05) is 35.9 Å². The molecule has 1 unspecified atom stereocenters. The molecule has 10 heteroatoms. The van der Waals surface area contributed by atoms with E-state index in [0.717, 1.165) is 0 Å². The molecule has 4 aromatic rings. The number of carbonyl (C=O) groups excluding carboxylic acids is 1. The minimum atomic E-state index is -0.862. The van der Waals surface area contributed by atoms with Gasteiger partial charge in [-0.15, -0.1) is 11.3 Å². The van der Waals surface area contributed by atoms with E-state index in [0.29, 0.717) is 32.1 Å². The van der Waals surface area contributed by atoms with E-state index in [1.807, 2.05) is 0 Å². The van der Waals surface area contributed by atoms with Crippen LogP contribution in [0.2, 0.25) is 5.02 Å². The number of aromatic nitrogens is 2. The number of nitro groups is 1. The third-order valence-corrected chi connectivity index (χ3v) is 6.03. The molecule has 0 aliphatic heterocycles. The molecule has 2 heterocycles. The lowest BCUT2D eigenvalue weighted by Gasteiger charge is -2.15. The molecule has 0 bridgehead atoms. The third-order valence-electron chi connectivity index (χ3n) is 4.82. The summed E-state index contributed by atoms with van der Waals surface area (Å²) in [6.07, 6.45) is 1.33. The van der Waals surface area contributed by atoms with Crippen molar-refractivity contribution in [2.75, 3.05) is 5.32 Å². The van der Waals surface area contributed by atoms with E-state index < -0.39 is 22.4 Å². The molecule has 0 saturated carbocycles. The summed E-state index contributed by atoms with van der Waals surface area (Å²) in [5, 5.41) is 16.3. The quantitative estimate of drug-likeness (QED) is 0.341. The van der Waals surface area contributed by atoms with Gasteiger partial charge in [0.15, 0.2) is 0 Å². The van der Waals surface area contributed by atoms with Crippen LogP contribution in [0, 0.1) is 10.1 Å². The normalized spacial score (nSPS) is 11.9. The highest BCUT2D eigenvalue weighted by Gasteiger charge is 2.21. The van der Waals surface area contributed by atoms with Crippen molar-refractivity contribution in [1.29, 1.82) is 0 Å². The second-order valence-electron chi connectivity index (χ2n) is 6.74. The lowest BCUT2D eigenvalue weighted by Crippen LogP contribution is -2.31. The van der Waals surface area contributed by atoms with Crippen LogP contribution in [0.5, 0.6) is 0 Å². The molecule has 8 nitrogen and oxygen atoms in total. The second-order valence-corrected chi connectivity index (χ2v) is 8.00. The van der Waals surface area contributed by atoms with Crippen molar-refractivity contribution in [3.8, 4) is 11.1 Å². The number of fused-ring (bicyclic) bond motifs is 1. The number of para-hydroxylation sites is 1. The standard InChI is InChI=1S/C21H15ClN4O4S/c1-12(19(27)24-17-8-3-2-7-16(17)22)25-11-23-20-18(21(25)28)15(10-31-20)13-5-4-6-14(9-13)26(29)30/h2-12H,1H3,(H,24,27). The van der Waals surface area contributed by atoms with Gasteiger partial charge < -0.3 is 5.32 Å². The lowest BCUT2D eigenvalue weighted by atomic mass is 10.1. The highest BCUT2D eigenvalue weighted by atomic mass is 35.5. The van der Waals surface area contributed by atoms with E-state index in [1.165, 1.54) is 34.4 Å². The summed E-state index contributed by atoms with van der Waals surface area (Å²) in [6, 6.07) is 12.0. The van der Waals surface area contributed by atoms with Crippen LogP contribution in [0.15, 0.2) is 65.0 Å². The van der Waals surface area contributed by atoms with Crippen LogP contribution in [0.4, 0.5) is 11.4 Å². The van der Waals surface area contributed by atoms with Crippen molar-refractivity contribution < 1.29 is 9.72 Å². The van der Waals surface area contributed by atoms with Gasteiger partial charge in [-0.3, -0.25) is 24.3 Å². The summed E-state index contributed by atoms with van der Waals surface area (Å²) >= 11 is 7.35. The summed E-state index contributed by atoms with van der Waals surface area (Å²) in [5.74, 6) is -0.427. The number of nitrogens with one attached hydrogen (secondary N) is 1. The highest BCUT2D eigenvalue weighted by Crippen LogP contribution is 2.32. The van der Waals surface area contributed by atoms with Crippen LogP contribution in [0.3, 0.4) is 0 Å². The predicted molar refractivity (Wildman–Crippen MR) is 121 cm³/mol. The van der Waals surface area contributed by atoms with Crippen molar-refractivity contribution in [3.63, 3.8) is 0 Å². The molecule has 0 spiro atoms. The van der Waals surface area contributed by atoms with Crippen LogP contribution < -0.4 is 10.9 Å². The van der Waals surface area contributed by atoms with Gasteiger partial charge in [0, 0.05) is 23.1 Å². The Morgan fingerprint density at radius 3 is 2.77 bits per heavy atom. The summed E-state index contributed by atoms with van der Waals surface area (Å²) in [4.78, 5) is 41.4. The second kappa shape index (κ2) is 8.29. The molecule has 156 valence electrons. The molecule has 2 aromatic carbocycles. The molecule has 1 N–H and O–H groups in total. The van der Waals surface area contributed by atoms with Gasteiger partial charge in [0.2, 0.25) is 5.91 Å². The molecular weight excluding hydrogens is 440 g/mol. The number of hydrogen-bond donors (Lipinski definition) is 1. The van der Waals surface area contributed by atoms with Crippen molar-refractivity contribution in [3.05, 3.63) is 85.7 Å². The number of nitrogens with zero attached hydrogens (tertiary/aromatic N) is 3. The molecule has 0 aliphatic rings. The van der Waals surface area contributed by atoms with Gasteiger partial charge in [-0.25, -0.2) is 4.98 Å². The molecule has 4 rings (SSSR count). The first kappa shape index (κ1) is 20.7. The zero-order chi connectivity index (χ0) is 22.1. The molecule has 1 amide bonds. The van der Waals surface area contributed by atoms with Crippen molar-refractivity contribution >= 4 is 50.4 Å². The van der Waals surface area contributed by atoms with Gasteiger partial charge >= 0.3 is 0 Å². The number of nitro benzene ring substituents is 1. The Bertz CT molecular complexity index is 1380. The fourth-order valence-corrected chi connectivity index (χ4v) is 4.24. The van der Waals surface area contributed by atoms with Crippen LogP contribution >= 0.6 is 22.9 Å². The molecule has 31 heavy (non-hydrogen) atoms. The van der Waals surface area contributed by atoms with Crippen molar-refractivity contribution in [2.24, 2.45) is 0 Å². The number of amides is 1. The van der Waals surface area contributed by atoms with Crippen LogP contribution in [0.1, 0.15) is 13.0 Å². The summed E-state index contributed by atoms with van der Waals surface area (Å²) in [5.41, 5.74) is 1.03. The number of rotatable bonds is 5. The molecule has 1 atom stereocenters. The molecule has 2 aromatic heterocycles. The van der Waals surface area contributed by atoms with Crippen LogP contribution in [-0.4, -0.2) is 20.4 Å². The Labute approximate surface area is 184 Å². The molecule has 0 saturated heterocycles. The first-order valence-electron chi connectivity index (χ1n) is 9.15. The number of thiophene rings is 1. The SMILES string of the molecule is CC(C(=O)Nc1ccccc1Cl)n1cnc2scc(-c3cccc([N+](=O)[O-])c3)c2c1=O. The van der Waals surface area contributed by atoms with Gasteiger partial charge in [0.1, 0.15) is 10.9 Å². The number of hydrogen-bond acceptors (Lipinski definition) is 6. The molecule has 0 fully saturated rings. The Morgan fingerprint density at radius 2 is 2.03 bits per heavy atom. The monoisotopic (exact) mass is 454 g/mol. The largest absolute Gasteiger partial charge is 0.323 e. The predicted octanol–water partition coefficient (Wildman–Crippen LogP) is 4.89. The van der Waals surface area contributed by atoms with E-state index in [4.69, 9.17) is 11.6 Å². The van der Waals surface area contributed by atoms with Crippen molar-refractivity contribution in [2.45, 2.75) is 13.0 Å². The number of benzene rings is 2. The van der Waals surface area contributed by atoms with E-state index in [-0.39, 0.29) is 5.69 Å². The molecule has 0 radical (unpaired) electrons. The number of halogens is 1. The Balaban J connectivity index is 1.74. The van der Waals surface area contributed by atoms with Gasteiger partial charge in [0.25, 0.3) is 11.2 Å². The first-order valence-corrected chi connectivity index (χ1v) is 10.4. The van der Waals surface area contributed by atoms with Gasteiger partial charge in [-0.05, 0) is 24.6 Å². The first-order chi connectivity index (χ1) is 14.9. The van der Waals surface area contributed by atoms with E-state index in [1.54, 1.807) is 48.7 Å². The maximum Gasteiger partial charge on any atom is 0.270 e. The number of non-ortho nitro benzene ring substituents is 1. The fourth-order valence-electron chi connectivity index (χ4n) is 3.15. The van der Waals surface area contributed by atoms with E-state index in [2.05, 4.69) is 10.3 Å². The zero-order valence-electron chi connectivity index (χ0n) is 16.1. The Kier molecular flexibility index (Phi) is 5.53. The average molecular weight is 455 g/mol. The highest BCUT2D eigenvalue weighted by molar-refractivity contribution is 7.17. The molecule has 0 aliphatic carbocycles.